The van der Waals surface area contributed by atoms with Crippen molar-refractivity contribution in [2.24, 2.45) is 0 Å². The van der Waals surface area contributed by atoms with Crippen LogP contribution < -0.4 is 0 Å². The van der Waals surface area contributed by atoms with Gasteiger partial charge in [-0.1, -0.05) is 19.9 Å². The van der Waals surface area contributed by atoms with E-state index in [9.17, 15) is 4.79 Å². The summed E-state index contributed by atoms with van der Waals surface area (Å²) in [5.74, 6) is 0.108. The summed E-state index contributed by atoms with van der Waals surface area (Å²) in [6.45, 7) is 5.98. The Balaban J connectivity index is 2.59. The van der Waals surface area contributed by atoms with E-state index in [1.165, 1.54) is 0 Å². The van der Waals surface area contributed by atoms with Crippen LogP contribution in [-0.4, -0.2) is 25.8 Å². The van der Waals surface area contributed by atoms with Gasteiger partial charge >= 0.3 is 5.97 Å². The van der Waals surface area contributed by atoms with Crippen LogP contribution in [0, 0.1) is 6.92 Å². The highest BCUT2D eigenvalue weighted by atomic mass is 16.4. The van der Waals surface area contributed by atoms with Crippen LogP contribution in [0.25, 0.3) is 5.69 Å². The van der Waals surface area contributed by atoms with E-state index in [-0.39, 0.29) is 11.5 Å². The van der Waals surface area contributed by atoms with Gasteiger partial charge in [-0.2, -0.15) is 0 Å². The summed E-state index contributed by atoms with van der Waals surface area (Å²) in [5, 5.41) is 17.0. The second-order valence-electron chi connectivity index (χ2n) is 4.52. The van der Waals surface area contributed by atoms with Crippen molar-refractivity contribution in [3.8, 4) is 5.69 Å². The lowest BCUT2D eigenvalue weighted by atomic mass is 10.1. The number of hydrogen-bond acceptors (Lipinski definition) is 3. The second kappa shape index (κ2) is 4.60. The van der Waals surface area contributed by atoms with Crippen molar-refractivity contribution in [3.63, 3.8) is 0 Å². The molecule has 1 aromatic carbocycles. The minimum Gasteiger partial charge on any atom is -0.478 e. The quantitative estimate of drug-likeness (QED) is 0.901. The van der Waals surface area contributed by atoms with Crippen molar-refractivity contribution in [1.29, 1.82) is 0 Å². The van der Waals surface area contributed by atoms with Gasteiger partial charge in [-0.3, -0.25) is 4.57 Å². The van der Waals surface area contributed by atoms with E-state index in [0.29, 0.717) is 0 Å². The Morgan fingerprint density at radius 3 is 2.72 bits per heavy atom. The molecular weight excluding hydrogens is 230 g/mol. The number of carboxylic acids is 1. The fourth-order valence-corrected chi connectivity index (χ4v) is 1.83. The summed E-state index contributed by atoms with van der Waals surface area (Å²) in [4.78, 5) is 11.0. The molecule has 1 N–H and O–H groups in total. The second-order valence-corrected chi connectivity index (χ2v) is 4.52. The van der Waals surface area contributed by atoms with Crippen molar-refractivity contribution in [3.05, 3.63) is 41.5 Å². The number of aromatic nitrogens is 3. The van der Waals surface area contributed by atoms with Crippen molar-refractivity contribution >= 4 is 5.97 Å². The Morgan fingerprint density at radius 1 is 1.39 bits per heavy atom. The van der Waals surface area contributed by atoms with Gasteiger partial charge in [-0.15, -0.1) is 10.2 Å². The topological polar surface area (TPSA) is 68.0 Å². The van der Waals surface area contributed by atoms with Gasteiger partial charge in [-0.25, -0.2) is 4.79 Å². The first-order valence-electron chi connectivity index (χ1n) is 5.75. The summed E-state index contributed by atoms with van der Waals surface area (Å²) >= 11 is 0. The van der Waals surface area contributed by atoms with Crippen LogP contribution in [0.15, 0.2) is 24.5 Å². The Bertz CT molecular complexity index is 588. The van der Waals surface area contributed by atoms with E-state index in [1.807, 2.05) is 25.3 Å². The zero-order valence-corrected chi connectivity index (χ0v) is 10.6. The first-order chi connectivity index (χ1) is 8.50. The number of aromatic carboxylic acids is 1. The minimum atomic E-state index is -0.935. The molecule has 18 heavy (non-hydrogen) atoms. The van der Waals surface area contributed by atoms with Crippen LogP contribution in [0.2, 0.25) is 0 Å². The van der Waals surface area contributed by atoms with Gasteiger partial charge in [0, 0.05) is 5.92 Å². The van der Waals surface area contributed by atoms with Gasteiger partial charge in [-0.05, 0) is 24.6 Å². The molecule has 2 rings (SSSR count). The molecule has 0 aliphatic carbocycles. The number of hydrogen-bond donors (Lipinski definition) is 1. The van der Waals surface area contributed by atoms with Crippen molar-refractivity contribution in [2.75, 3.05) is 0 Å². The zero-order valence-electron chi connectivity index (χ0n) is 10.6. The average molecular weight is 245 g/mol. The lowest BCUT2D eigenvalue weighted by Gasteiger charge is -2.12. The van der Waals surface area contributed by atoms with Gasteiger partial charge in [0.05, 0.1) is 11.3 Å². The summed E-state index contributed by atoms with van der Waals surface area (Å²) in [6, 6.07) is 5.04. The van der Waals surface area contributed by atoms with Crippen molar-refractivity contribution < 1.29 is 9.90 Å². The molecule has 5 heteroatoms. The molecule has 0 spiro atoms. The van der Waals surface area contributed by atoms with Crippen LogP contribution in [0.5, 0.6) is 0 Å². The van der Waals surface area contributed by atoms with Gasteiger partial charge in [0.2, 0.25) is 0 Å². The molecule has 0 bridgehead atoms. The standard InChI is InChI=1S/C13H15N3O2/c1-8(2)12-15-14-7-16(12)11-6-10(13(17)18)5-4-9(11)3/h4-8H,1-3H3,(H,17,18). The third-order valence-corrected chi connectivity index (χ3v) is 2.81. The number of aryl methyl sites for hydroxylation is 1. The van der Waals surface area contributed by atoms with Crippen LogP contribution in [0.1, 0.15) is 41.5 Å². The van der Waals surface area contributed by atoms with Crippen LogP contribution in [0.4, 0.5) is 0 Å². The molecule has 1 heterocycles. The summed E-state index contributed by atoms with van der Waals surface area (Å²) < 4.78 is 1.84. The lowest BCUT2D eigenvalue weighted by Crippen LogP contribution is -2.06. The molecule has 1 aromatic heterocycles. The molecule has 0 aliphatic rings. The molecule has 0 unspecified atom stereocenters. The largest absolute Gasteiger partial charge is 0.478 e. The molecule has 0 atom stereocenters. The summed E-state index contributed by atoms with van der Waals surface area (Å²) in [6.07, 6.45) is 1.61. The molecular formula is C13H15N3O2. The molecule has 0 aliphatic heterocycles. The van der Waals surface area contributed by atoms with E-state index in [0.717, 1.165) is 17.1 Å². The van der Waals surface area contributed by atoms with Crippen LogP contribution >= 0.6 is 0 Å². The number of benzene rings is 1. The Kier molecular flexibility index (Phi) is 3.14. The molecule has 0 radical (unpaired) electrons. The number of carboxylic acid groups (broad SMARTS) is 1. The lowest BCUT2D eigenvalue weighted by molar-refractivity contribution is 0.0697. The molecule has 94 valence electrons. The number of carbonyl (C=O) groups is 1. The molecule has 0 fully saturated rings. The van der Waals surface area contributed by atoms with Crippen LogP contribution in [-0.2, 0) is 0 Å². The highest BCUT2D eigenvalue weighted by Crippen LogP contribution is 2.21. The fraction of sp³-hybridized carbons (Fsp3) is 0.308. The molecule has 5 nitrogen and oxygen atoms in total. The van der Waals surface area contributed by atoms with Gasteiger partial charge in [0.1, 0.15) is 12.2 Å². The summed E-state index contributed by atoms with van der Waals surface area (Å²) in [5.41, 5.74) is 2.06. The van der Waals surface area contributed by atoms with Crippen molar-refractivity contribution in [1.82, 2.24) is 14.8 Å². The highest BCUT2D eigenvalue weighted by Gasteiger charge is 2.13. The minimum absolute atomic E-state index is 0.223. The molecule has 0 saturated heterocycles. The molecule has 0 saturated carbocycles. The molecule has 0 amide bonds. The third kappa shape index (κ3) is 2.11. The van der Waals surface area contributed by atoms with E-state index >= 15 is 0 Å². The normalized spacial score (nSPS) is 10.9. The first-order valence-corrected chi connectivity index (χ1v) is 5.75. The number of rotatable bonds is 3. The SMILES string of the molecule is Cc1ccc(C(=O)O)cc1-n1cnnc1C(C)C. The van der Waals surface area contributed by atoms with Crippen molar-refractivity contribution in [2.45, 2.75) is 26.7 Å². The van der Waals surface area contributed by atoms with Crippen LogP contribution in [0.3, 0.4) is 0 Å². The third-order valence-electron chi connectivity index (χ3n) is 2.81. The predicted octanol–water partition coefficient (Wildman–Crippen LogP) is 2.40. The maximum atomic E-state index is 11.0. The highest BCUT2D eigenvalue weighted by molar-refractivity contribution is 5.88. The van der Waals surface area contributed by atoms with Gasteiger partial charge in [0.15, 0.2) is 0 Å². The van der Waals surface area contributed by atoms with E-state index < -0.39 is 5.97 Å². The predicted molar refractivity (Wildman–Crippen MR) is 67.1 cm³/mol. The average Bonchev–Trinajstić information content (AvgIpc) is 2.78. The smallest absolute Gasteiger partial charge is 0.335 e. The first kappa shape index (κ1) is 12.3. The van der Waals surface area contributed by atoms with Gasteiger partial charge in [0.25, 0.3) is 0 Å². The molecule has 2 aromatic rings. The van der Waals surface area contributed by atoms with E-state index in [1.54, 1.807) is 24.5 Å². The maximum absolute atomic E-state index is 11.0. The monoisotopic (exact) mass is 245 g/mol. The summed E-state index contributed by atoms with van der Waals surface area (Å²) in [7, 11) is 0. The Hall–Kier alpha value is -2.17. The fourth-order valence-electron chi connectivity index (χ4n) is 1.83. The van der Waals surface area contributed by atoms with Gasteiger partial charge < -0.3 is 5.11 Å². The van der Waals surface area contributed by atoms with E-state index in [2.05, 4.69) is 10.2 Å². The van der Waals surface area contributed by atoms with E-state index in [4.69, 9.17) is 5.11 Å². The Morgan fingerprint density at radius 2 is 2.11 bits per heavy atom. The zero-order chi connectivity index (χ0) is 13.3. The maximum Gasteiger partial charge on any atom is 0.335 e. The Labute approximate surface area is 105 Å². The number of nitrogens with zero attached hydrogens (tertiary/aromatic N) is 3.